The lowest BCUT2D eigenvalue weighted by Gasteiger charge is -2.10. The van der Waals surface area contributed by atoms with Crippen LogP contribution in [-0.4, -0.2) is 28.5 Å². The second-order valence-corrected chi connectivity index (χ2v) is 6.90. The number of carbonyl (C=O) groups is 1. The smallest absolute Gasteiger partial charge is 0.277 e. The minimum atomic E-state index is -0.337. The minimum absolute atomic E-state index is 0.131. The van der Waals surface area contributed by atoms with E-state index in [2.05, 4.69) is 15.6 Å². The van der Waals surface area contributed by atoms with Gasteiger partial charge < -0.3 is 4.74 Å². The summed E-state index contributed by atoms with van der Waals surface area (Å²) in [7, 11) is 0. The van der Waals surface area contributed by atoms with Gasteiger partial charge in [0.15, 0.2) is 6.61 Å². The summed E-state index contributed by atoms with van der Waals surface area (Å²) < 4.78 is 7.55. The minimum Gasteiger partial charge on any atom is -0.483 e. The highest BCUT2D eigenvalue weighted by atomic mass is 16.5. The Labute approximate surface area is 180 Å². The molecule has 0 spiro atoms. The Kier molecular flexibility index (Phi) is 6.50. The summed E-state index contributed by atoms with van der Waals surface area (Å²) in [5, 5.41) is 8.31. The maximum absolute atomic E-state index is 12.1. The molecule has 0 atom stereocenters. The molecule has 0 unspecified atom stereocenters. The van der Waals surface area contributed by atoms with Gasteiger partial charge in [0.2, 0.25) is 0 Å². The van der Waals surface area contributed by atoms with Crippen molar-refractivity contribution in [3.63, 3.8) is 0 Å². The highest BCUT2D eigenvalue weighted by Gasteiger charge is 2.07. The zero-order chi connectivity index (χ0) is 21.3. The molecule has 1 heterocycles. The highest BCUT2D eigenvalue weighted by molar-refractivity contribution is 5.82. The molecule has 0 aliphatic carbocycles. The Hall–Kier alpha value is -4.19. The molecule has 3 aromatic carbocycles. The summed E-state index contributed by atoms with van der Waals surface area (Å²) in [5.41, 5.74) is 6.42. The first-order valence-corrected chi connectivity index (χ1v) is 9.93. The van der Waals surface area contributed by atoms with Gasteiger partial charge in [-0.2, -0.15) is 10.2 Å². The number of benzene rings is 3. The molecule has 0 saturated carbocycles. The predicted molar refractivity (Wildman–Crippen MR) is 121 cm³/mol. The maximum Gasteiger partial charge on any atom is 0.277 e. The lowest BCUT2D eigenvalue weighted by Crippen LogP contribution is -2.24. The molecule has 0 aliphatic rings. The van der Waals surface area contributed by atoms with Crippen molar-refractivity contribution in [3.05, 3.63) is 108 Å². The first-order chi connectivity index (χ1) is 15.3. The van der Waals surface area contributed by atoms with E-state index in [0.29, 0.717) is 12.3 Å². The lowest BCUT2D eigenvalue weighted by molar-refractivity contribution is -0.123. The van der Waals surface area contributed by atoms with E-state index in [1.165, 1.54) is 0 Å². The number of ether oxygens (including phenoxy) is 1. The monoisotopic (exact) mass is 410 g/mol. The standard InChI is InChI=1S/C25H22N4O2/c30-25(19-31-24-14-8-7-13-23(24)22-11-5-2-6-12-22)28-26-15-21-16-27-29(18-21)17-20-9-3-1-4-10-20/h1-16,18H,17,19H2,(H,28,30)/b26-15-. The first-order valence-electron chi connectivity index (χ1n) is 9.93. The van der Waals surface area contributed by atoms with Gasteiger partial charge in [0.25, 0.3) is 5.91 Å². The lowest BCUT2D eigenvalue weighted by atomic mass is 10.1. The Morgan fingerprint density at radius 1 is 0.968 bits per heavy atom. The van der Waals surface area contributed by atoms with E-state index in [1.54, 1.807) is 12.4 Å². The van der Waals surface area contributed by atoms with Gasteiger partial charge >= 0.3 is 0 Å². The molecule has 0 fully saturated rings. The number of aromatic nitrogens is 2. The van der Waals surface area contributed by atoms with Gasteiger partial charge in [-0.1, -0.05) is 78.9 Å². The van der Waals surface area contributed by atoms with Crippen molar-refractivity contribution in [1.82, 2.24) is 15.2 Å². The second kappa shape index (κ2) is 10.0. The van der Waals surface area contributed by atoms with Gasteiger partial charge in [-0.15, -0.1) is 0 Å². The predicted octanol–water partition coefficient (Wildman–Crippen LogP) is 4.13. The van der Waals surface area contributed by atoms with Gasteiger partial charge in [0.05, 0.1) is 19.0 Å². The molecule has 1 N–H and O–H groups in total. The third-order valence-electron chi connectivity index (χ3n) is 4.57. The van der Waals surface area contributed by atoms with Crippen molar-refractivity contribution >= 4 is 12.1 Å². The van der Waals surface area contributed by atoms with Crippen LogP contribution in [-0.2, 0) is 11.3 Å². The fourth-order valence-electron chi connectivity index (χ4n) is 3.11. The number of hydrazone groups is 1. The molecule has 0 radical (unpaired) electrons. The number of hydrogen-bond acceptors (Lipinski definition) is 4. The van der Waals surface area contributed by atoms with Gasteiger partial charge in [-0.05, 0) is 17.2 Å². The first kappa shape index (κ1) is 20.1. The van der Waals surface area contributed by atoms with Crippen LogP contribution in [0.4, 0.5) is 0 Å². The Morgan fingerprint density at radius 3 is 2.48 bits per heavy atom. The number of nitrogens with one attached hydrogen (secondary N) is 1. The molecular weight excluding hydrogens is 388 g/mol. The molecule has 0 saturated heterocycles. The van der Waals surface area contributed by atoms with Crippen molar-refractivity contribution in [3.8, 4) is 16.9 Å². The third kappa shape index (κ3) is 5.67. The highest BCUT2D eigenvalue weighted by Crippen LogP contribution is 2.29. The van der Waals surface area contributed by atoms with Crippen LogP contribution in [0.5, 0.6) is 5.75 Å². The number of hydrogen-bond donors (Lipinski definition) is 1. The van der Waals surface area contributed by atoms with Crippen LogP contribution in [0.15, 0.2) is 102 Å². The van der Waals surface area contributed by atoms with Gasteiger partial charge in [-0.25, -0.2) is 5.43 Å². The summed E-state index contributed by atoms with van der Waals surface area (Å²) in [5.74, 6) is 0.311. The van der Waals surface area contributed by atoms with Crippen LogP contribution < -0.4 is 10.2 Å². The van der Waals surface area contributed by atoms with E-state index >= 15 is 0 Å². The molecule has 6 heteroatoms. The van der Waals surface area contributed by atoms with Crippen LogP contribution in [0.3, 0.4) is 0 Å². The third-order valence-corrected chi connectivity index (χ3v) is 4.57. The maximum atomic E-state index is 12.1. The quantitative estimate of drug-likeness (QED) is 0.351. The average molecular weight is 410 g/mol. The molecule has 4 aromatic rings. The van der Waals surface area contributed by atoms with Crippen molar-refractivity contribution in [2.75, 3.05) is 6.61 Å². The largest absolute Gasteiger partial charge is 0.483 e. The fraction of sp³-hybridized carbons (Fsp3) is 0.0800. The summed E-state index contributed by atoms with van der Waals surface area (Å²) in [6.07, 6.45) is 5.13. The zero-order valence-corrected chi connectivity index (χ0v) is 16.9. The van der Waals surface area contributed by atoms with E-state index in [-0.39, 0.29) is 12.5 Å². The van der Waals surface area contributed by atoms with Crippen molar-refractivity contribution in [2.45, 2.75) is 6.54 Å². The molecule has 0 bridgehead atoms. The van der Waals surface area contributed by atoms with Crippen molar-refractivity contribution in [2.24, 2.45) is 5.10 Å². The topological polar surface area (TPSA) is 68.5 Å². The van der Waals surface area contributed by atoms with Crippen LogP contribution >= 0.6 is 0 Å². The second-order valence-electron chi connectivity index (χ2n) is 6.90. The molecule has 31 heavy (non-hydrogen) atoms. The van der Waals surface area contributed by atoms with Gasteiger partial charge in [0, 0.05) is 17.3 Å². The van der Waals surface area contributed by atoms with Gasteiger partial charge in [-0.3, -0.25) is 9.48 Å². The average Bonchev–Trinajstić information content (AvgIpc) is 3.26. The number of nitrogens with zero attached hydrogens (tertiary/aromatic N) is 3. The zero-order valence-electron chi connectivity index (χ0n) is 16.9. The number of amides is 1. The number of rotatable bonds is 8. The summed E-state index contributed by atoms with van der Waals surface area (Å²) >= 11 is 0. The summed E-state index contributed by atoms with van der Waals surface area (Å²) in [6.45, 7) is 0.546. The van der Waals surface area contributed by atoms with E-state index < -0.39 is 0 Å². The van der Waals surface area contributed by atoms with Crippen LogP contribution in [0.2, 0.25) is 0 Å². The molecule has 6 nitrogen and oxygen atoms in total. The number of carbonyl (C=O) groups excluding carboxylic acids is 1. The molecule has 0 aliphatic heterocycles. The molecule has 1 aromatic heterocycles. The molecule has 1 amide bonds. The summed E-state index contributed by atoms with van der Waals surface area (Å²) in [4.78, 5) is 12.1. The SMILES string of the molecule is O=C(COc1ccccc1-c1ccccc1)N/N=C\c1cnn(Cc2ccccc2)c1. The van der Waals surface area contributed by atoms with E-state index in [0.717, 1.165) is 22.3 Å². The van der Waals surface area contributed by atoms with Crippen LogP contribution in [0, 0.1) is 0 Å². The van der Waals surface area contributed by atoms with Gasteiger partial charge in [0.1, 0.15) is 5.75 Å². The van der Waals surface area contributed by atoms with Crippen molar-refractivity contribution < 1.29 is 9.53 Å². The van der Waals surface area contributed by atoms with E-state index in [9.17, 15) is 4.79 Å². The number of para-hydroxylation sites is 1. The van der Waals surface area contributed by atoms with Crippen molar-refractivity contribution in [1.29, 1.82) is 0 Å². The Balaban J connectivity index is 1.29. The summed E-state index contributed by atoms with van der Waals surface area (Å²) in [6, 6.07) is 27.6. The molecule has 4 rings (SSSR count). The van der Waals surface area contributed by atoms with E-state index in [1.807, 2.05) is 95.8 Å². The fourth-order valence-corrected chi connectivity index (χ4v) is 3.11. The molecular formula is C25H22N4O2. The Bertz CT molecular complexity index is 1150. The molecule has 154 valence electrons. The van der Waals surface area contributed by atoms with Crippen LogP contribution in [0.1, 0.15) is 11.1 Å². The van der Waals surface area contributed by atoms with E-state index in [4.69, 9.17) is 4.74 Å². The van der Waals surface area contributed by atoms with Crippen LogP contribution in [0.25, 0.3) is 11.1 Å². The Morgan fingerprint density at radius 2 is 1.68 bits per heavy atom. The normalized spacial score (nSPS) is 10.8.